The molecule has 0 atom stereocenters. The lowest BCUT2D eigenvalue weighted by Gasteiger charge is -2.08. The SMILES string of the molecule is Cc1nn(CC(=O)[O-])c(=O)c2ccccc12. The first kappa shape index (κ1) is 10.4. The van der Waals surface area contributed by atoms with Crippen molar-refractivity contribution in [2.45, 2.75) is 13.5 Å². The summed E-state index contributed by atoms with van der Waals surface area (Å²) in [5.41, 5.74) is 0.210. The second kappa shape index (κ2) is 3.77. The maximum Gasteiger partial charge on any atom is 0.275 e. The van der Waals surface area contributed by atoms with Crippen molar-refractivity contribution in [3.8, 4) is 0 Å². The second-order valence-electron chi connectivity index (χ2n) is 3.47. The van der Waals surface area contributed by atoms with Gasteiger partial charge in [0.2, 0.25) is 0 Å². The van der Waals surface area contributed by atoms with E-state index in [1.54, 1.807) is 31.2 Å². The number of aryl methyl sites for hydroxylation is 1. The van der Waals surface area contributed by atoms with E-state index in [2.05, 4.69) is 5.10 Å². The monoisotopic (exact) mass is 217 g/mol. The van der Waals surface area contributed by atoms with Crippen molar-refractivity contribution in [3.63, 3.8) is 0 Å². The number of benzene rings is 1. The van der Waals surface area contributed by atoms with Crippen molar-refractivity contribution in [2.24, 2.45) is 0 Å². The molecule has 82 valence electrons. The molecule has 1 aromatic heterocycles. The highest BCUT2D eigenvalue weighted by Gasteiger charge is 2.06. The molecule has 0 N–H and O–H groups in total. The van der Waals surface area contributed by atoms with Crippen LogP contribution in [0.4, 0.5) is 0 Å². The predicted molar refractivity (Wildman–Crippen MR) is 55.7 cm³/mol. The highest BCUT2D eigenvalue weighted by Crippen LogP contribution is 2.11. The Hall–Kier alpha value is -2.17. The van der Waals surface area contributed by atoms with Crippen LogP contribution < -0.4 is 10.7 Å². The molecule has 0 spiro atoms. The molecule has 0 saturated heterocycles. The van der Waals surface area contributed by atoms with Crippen molar-refractivity contribution in [2.75, 3.05) is 0 Å². The molecule has 0 aliphatic carbocycles. The van der Waals surface area contributed by atoms with Gasteiger partial charge in [0.1, 0.15) is 0 Å². The molecule has 0 saturated carbocycles. The molecule has 16 heavy (non-hydrogen) atoms. The first-order chi connectivity index (χ1) is 7.59. The molecule has 0 aliphatic rings. The third kappa shape index (κ3) is 1.67. The van der Waals surface area contributed by atoms with E-state index < -0.39 is 18.1 Å². The Morgan fingerprint density at radius 3 is 2.62 bits per heavy atom. The Kier molecular flexibility index (Phi) is 2.44. The molecular formula is C11H9N2O3-. The molecule has 0 radical (unpaired) electrons. The average Bonchev–Trinajstić information content (AvgIpc) is 2.25. The minimum atomic E-state index is -1.33. The molecule has 0 unspecified atom stereocenters. The standard InChI is InChI=1S/C11H10N2O3/c1-7-8-4-2-3-5-9(8)11(16)13(12-7)6-10(14)15/h2-5H,6H2,1H3,(H,14,15)/p-1. The molecule has 0 aliphatic heterocycles. The number of carboxylic acids is 1. The van der Waals surface area contributed by atoms with Gasteiger partial charge in [-0.25, -0.2) is 4.68 Å². The van der Waals surface area contributed by atoms with Gasteiger partial charge in [0.25, 0.3) is 5.56 Å². The van der Waals surface area contributed by atoms with E-state index in [4.69, 9.17) is 0 Å². The third-order valence-electron chi connectivity index (χ3n) is 2.33. The quantitative estimate of drug-likeness (QED) is 0.676. The van der Waals surface area contributed by atoms with Gasteiger partial charge in [0, 0.05) is 5.39 Å². The summed E-state index contributed by atoms with van der Waals surface area (Å²) in [5, 5.41) is 15.6. The summed E-state index contributed by atoms with van der Waals surface area (Å²) >= 11 is 0. The van der Waals surface area contributed by atoms with Gasteiger partial charge < -0.3 is 9.90 Å². The predicted octanol–water partition coefficient (Wildman–Crippen LogP) is -0.545. The van der Waals surface area contributed by atoms with Crippen LogP contribution in [0, 0.1) is 6.92 Å². The summed E-state index contributed by atoms with van der Waals surface area (Å²) < 4.78 is 0.910. The van der Waals surface area contributed by atoms with Crippen LogP contribution in [0.1, 0.15) is 5.69 Å². The summed E-state index contributed by atoms with van der Waals surface area (Å²) in [5.74, 6) is -1.33. The van der Waals surface area contributed by atoms with Crippen LogP contribution in [0.15, 0.2) is 29.1 Å². The topological polar surface area (TPSA) is 75.0 Å². The van der Waals surface area contributed by atoms with Crippen LogP contribution in [0.25, 0.3) is 10.8 Å². The van der Waals surface area contributed by atoms with Crippen molar-refractivity contribution in [1.29, 1.82) is 0 Å². The molecule has 0 amide bonds. The molecule has 1 aromatic carbocycles. The van der Waals surface area contributed by atoms with Gasteiger partial charge >= 0.3 is 0 Å². The van der Waals surface area contributed by atoms with Crippen LogP contribution in [0.3, 0.4) is 0 Å². The zero-order valence-corrected chi connectivity index (χ0v) is 8.64. The third-order valence-corrected chi connectivity index (χ3v) is 2.33. The molecule has 5 heteroatoms. The number of aromatic nitrogens is 2. The van der Waals surface area contributed by atoms with E-state index >= 15 is 0 Å². The largest absolute Gasteiger partial charge is 0.548 e. The Labute approximate surface area is 90.9 Å². The second-order valence-corrected chi connectivity index (χ2v) is 3.47. The number of carboxylic acid groups (broad SMARTS) is 1. The van der Waals surface area contributed by atoms with Crippen LogP contribution in [0.2, 0.25) is 0 Å². The number of rotatable bonds is 2. The summed E-state index contributed by atoms with van der Waals surface area (Å²) in [4.78, 5) is 22.3. The number of hydrogen-bond donors (Lipinski definition) is 0. The van der Waals surface area contributed by atoms with Gasteiger partial charge in [-0.2, -0.15) is 5.10 Å². The summed E-state index contributed by atoms with van der Waals surface area (Å²) in [6.07, 6.45) is 0. The molecular weight excluding hydrogens is 208 g/mol. The molecule has 1 heterocycles. The number of carbonyl (C=O) groups excluding carboxylic acids is 1. The molecule has 2 aromatic rings. The van der Waals surface area contributed by atoms with E-state index in [1.807, 2.05) is 0 Å². The minimum Gasteiger partial charge on any atom is -0.548 e. The van der Waals surface area contributed by atoms with Gasteiger partial charge in [-0.05, 0) is 13.0 Å². The summed E-state index contributed by atoms with van der Waals surface area (Å²) in [7, 11) is 0. The Morgan fingerprint density at radius 1 is 1.38 bits per heavy atom. The van der Waals surface area contributed by atoms with Gasteiger partial charge in [-0.1, -0.05) is 18.2 Å². The van der Waals surface area contributed by atoms with Crippen LogP contribution >= 0.6 is 0 Å². The van der Waals surface area contributed by atoms with Crippen LogP contribution in [-0.4, -0.2) is 15.7 Å². The van der Waals surface area contributed by atoms with Gasteiger partial charge in [0.15, 0.2) is 0 Å². The molecule has 2 rings (SSSR count). The Balaban J connectivity index is 2.75. The lowest BCUT2D eigenvalue weighted by molar-refractivity contribution is -0.306. The normalized spacial score (nSPS) is 10.6. The van der Waals surface area contributed by atoms with E-state index in [-0.39, 0.29) is 0 Å². The first-order valence-electron chi connectivity index (χ1n) is 4.76. The van der Waals surface area contributed by atoms with E-state index in [0.717, 1.165) is 10.1 Å². The number of nitrogens with zero attached hydrogens (tertiary/aromatic N) is 2. The van der Waals surface area contributed by atoms with Crippen molar-refractivity contribution in [3.05, 3.63) is 40.3 Å². The van der Waals surface area contributed by atoms with Crippen molar-refractivity contribution >= 4 is 16.7 Å². The number of carbonyl (C=O) groups is 1. The lowest BCUT2D eigenvalue weighted by Crippen LogP contribution is -2.34. The maximum absolute atomic E-state index is 11.8. The fourth-order valence-corrected chi connectivity index (χ4v) is 1.63. The average molecular weight is 217 g/mol. The van der Waals surface area contributed by atoms with E-state index in [9.17, 15) is 14.7 Å². The first-order valence-corrected chi connectivity index (χ1v) is 4.76. The summed E-state index contributed by atoms with van der Waals surface area (Å²) in [6, 6.07) is 6.96. The maximum atomic E-state index is 11.8. The fraction of sp³-hybridized carbons (Fsp3) is 0.182. The van der Waals surface area contributed by atoms with Crippen LogP contribution in [0.5, 0.6) is 0 Å². The number of fused-ring (bicyclic) bond motifs is 1. The van der Waals surface area contributed by atoms with Crippen molar-refractivity contribution in [1.82, 2.24) is 9.78 Å². The Morgan fingerprint density at radius 2 is 2.00 bits per heavy atom. The van der Waals surface area contributed by atoms with E-state index in [0.29, 0.717) is 11.1 Å². The van der Waals surface area contributed by atoms with Gasteiger partial charge in [-0.3, -0.25) is 4.79 Å². The number of hydrogen-bond acceptors (Lipinski definition) is 4. The Bertz CT molecular complexity index is 616. The molecule has 0 fully saturated rings. The highest BCUT2D eigenvalue weighted by molar-refractivity contribution is 5.83. The highest BCUT2D eigenvalue weighted by atomic mass is 16.4. The molecule has 0 bridgehead atoms. The fourth-order valence-electron chi connectivity index (χ4n) is 1.63. The zero-order valence-electron chi connectivity index (χ0n) is 8.64. The van der Waals surface area contributed by atoms with Crippen LogP contribution in [-0.2, 0) is 11.3 Å². The number of aliphatic carboxylic acids is 1. The van der Waals surface area contributed by atoms with Gasteiger partial charge in [0.05, 0.1) is 23.6 Å². The smallest absolute Gasteiger partial charge is 0.275 e. The molecule has 5 nitrogen and oxygen atoms in total. The van der Waals surface area contributed by atoms with Gasteiger partial charge in [-0.15, -0.1) is 0 Å². The lowest BCUT2D eigenvalue weighted by atomic mass is 10.1. The van der Waals surface area contributed by atoms with Crippen molar-refractivity contribution < 1.29 is 9.90 Å². The zero-order chi connectivity index (χ0) is 11.7. The summed E-state index contributed by atoms with van der Waals surface area (Å²) in [6.45, 7) is 1.21. The van der Waals surface area contributed by atoms with E-state index in [1.165, 1.54) is 0 Å². The minimum absolute atomic E-state index is 0.412.